The highest BCUT2D eigenvalue weighted by atomic mass is 35.5. The van der Waals surface area contributed by atoms with E-state index in [1.165, 1.54) is 4.90 Å². The molecule has 6 rings (SSSR count). The van der Waals surface area contributed by atoms with Gasteiger partial charge in [-0.15, -0.1) is 0 Å². The third-order valence-corrected chi connectivity index (χ3v) is 11.2. The number of carboxylic acid groups (broad SMARTS) is 1. The molecule has 0 aliphatic carbocycles. The van der Waals surface area contributed by atoms with Gasteiger partial charge >= 0.3 is 12.0 Å². The quantitative estimate of drug-likeness (QED) is 0.435. The van der Waals surface area contributed by atoms with E-state index in [9.17, 15) is 24.3 Å². The number of para-hydroxylation sites is 1. The number of fused-ring (bicyclic) bond motifs is 1. The Hall–Kier alpha value is -3.67. The van der Waals surface area contributed by atoms with E-state index in [0.29, 0.717) is 63.1 Å². The smallest absolute Gasteiger partial charge is 0.327 e. The van der Waals surface area contributed by atoms with Gasteiger partial charge < -0.3 is 30.0 Å². The van der Waals surface area contributed by atoms with E-state index in [2.05, 4.69) is 22.2 Å². The van der Waals surface area contributed by atoms with E-state index >= 15 is 0 Å². The van der Waals surface area contributed by atoms with Crippen molar-refractivity contribution in [3.05, 3.63) is 64.2 Å². The highest BCUT2D eigenvalue weighted by Crippen LogP contribution is 2.29. The molecule has 4 amide bonds. The van der Waals surface area contributed by atoms with Gasteiger partial charge in [0, 0.05) is 68.5 Å². The van der Waals surface area contributed by atoms with Crippen LogP contribution in [0, 0.1) is 12.8 Å². The molecule has 2 atom stereocenters. The molecule has 11 nitrogen and oxygen atoms in total. The number of benzene rings is 2. The fraction of sp³-hybridized carbons (Fsp3) is 0.556. The van der Waals surface area contributed by atoms with E-state index in [0.717, 1.165) is 48.3 Å². The summed E-state index contributed by atoms with van der Waals surface area (Å²) in [6.45, 7) is 6.59. The Morgan fingerprint density at radius 1 is 0.958 bits per heavy atom. The zero-order valence-electron chi connectivity index (χ0n) is 27.9. The topological polar surface area (TPSA) is 117 Å². The number of hydrogen-bond donors (Lipinski definition) is 2. The Labute approximate surface area is 287 Å². The molecule has 0 spiro atoms. The normalized spacial score (nSPS) is 22.3. The van der Waals surface area contributed by atoms with Crippen LogP contribution in [0.4, 0.5) is 10.5 Å². The number of carboxylic acids is 1. The molecular formula is C36H47ClN6O5. The number of nitrogens with one attached hydrogen (secondary N) is 1. The molecule has 2 N–H and O–H groups in total. The van der Waals surface area contributed by atoms with Gasteiger partial charge in [-0.3, -0.25) is 14.5 Å². The molecule has 258 valence electrons. The number of aryl methyl sites for hydroxylation is 1. The van der Waals surface area contributed by atoms with Gasteiger partial charge in [-0.1, -0.05) is 41.9 Å². The Morgan fingerprint density at radius 2 is 1.67 bits per heavy atom. The van der Waals surface area contributed by atoms with Gasteiger partial charge in [0.05, 0.1) is 5.92 Å². The number of likely N-dealkylation sites (tertiary alicyclic amines) is 2. The van der Waals surface area contributed by atoms with Crippen LogP contribution in [0.25, 0.3) is 0 Å². The van der Waals surface area contributed by atoms with Gasteiger partial charge in [-0.2, -0.15) is 0 Å². The molecule has 12 heteroatoms. The van der Waals surface area contributed by atoms with Crippen LogP contribution in [0.3, 0.4) is 0 Å². The van der Waals surface area contributed by atoms with Crippen molar-refractivity contribution in [1.29, 1.82) is 0 Å². The van der Waals surface area contributed by atoms with Crippen molar-refractivity contribution in [2.75, 3.05) is 58.2 Å². The molecule has 0 aromatic heterocycles. The average molecular weight is 679 g/mol. The van der Waals surface area contributed by atoms with Crippen LogP contribution in [-0.2, 0) is 27.3 Å². The van der Waals surface area contributed by atoms with Crippen LogP contribution in [-0.4, -0.2) is 124 Å². The standard InChI is InChI=1S/C36H47ClN6O5/c1-24-19-25(7-8-30(24)37)20-27(34(45)42-18-17-41(23-32(42)35(46)47)28-9-13-39(2)14-10-28)21-33(44)40-15-11-29(12-16-40)43-22-26-5-3-4-6-31(26)38-36(43)48/h3-8,19,27-29,32H,9-18,20-23H2,1-2H3,(H,38,48)(H,46,47). The zero-order valence-corrected chi connectivity index (χ0v) is 28.7. The summed E-state index contributed by atoms with van der Waals surface area (Å²) in [5, 5.41) is 13.9. The number of urea groups is 1. The minimum Gasteiger partial charge on any atom is -0.480 e. The van der Waals surface area contributed by atoms with Gasteiger partial charge in [0.25, 0.3) is 0 Å². The lowest BCUT2D eigenvalue weighted by Crippen LogP contribution is -2.62. The van der Waals surface area contributed by atoms with E-state index < -0.39 is 17.9 Å². The number of hydrogen-bond acceptors (Lipinski definition) is 6. The SMILES string of the molecule is Cc1cc(CC(CC(=O)N2CCC(N3Cc4ccccc4NC3=O)CC2)C(=O)N2CCN(C3CCN(C)CC3)CC2C(=O)O)ccc1Cl. The number of carbonyl (C=O) groups is 4. The van der Waals surface area contributed by atoms with Gasteiger partial charge in [0.1, 0.15) is 6.04 Å². The lowest BCUT2D eigenvalue weighted by molar-refractivity contribution is -0.157. The number of piperidine rings is 2. The second-order valence-electron chi connectivity index (χ2n) is 13.9. The van der Waals surface area contributed by atoms with Gasteiger partial charge in [-0.25, -0.2) is 9.59 Å². The Kier molecular flexibility index (Phi) is 10.6. The highest BCUT2D eigenvalue weighted by molar-refractivity contribution is 6.31. The van der Waals surface area contributed by atoms with Crippen LogP contribution < -0.4 is 5.32 Å². The lowest BCUT2D eigenvalue weighted by atomic mass is 9.91. The predicted molar refractivity (Wildman–Crippen MR) is 184 cm³/mol. The monoisotopic (exact) mass is 678 g/mol. The fourth-order valence-electron chi connectivity index (χ4n) is 7.85. The molecule has 48 heavy (non-hydrogen) atoms. The third kappa shape index (κ3) is 7.63. The van der Waals surface area contributed by atoms with Gasteiger partial charge in [0.2, 0.25) is 11.8 Å². The molecule has 4 aliphatic heterocycles. The molecule has 0 saturated carbocycles. The molecule has 2 unspecified atom stereocenters. The predicted octanol–water partition coefficient (Wildman–Crippen LogP) is 3.93. The number of anilines is 1. The minimum absolute atomic E-state index is 0.00839. The molecular weight excluding hydrogens is 632 g/mol. The average Bonchev–Trinajstić information content (AvgIpc) is 3.09. The summed E-state index contributed by atoms with van der Waals surface area (Å²) in [6, 6.07) is 12.6. The number of carbonyl (C=O) groups excluding carboxylic acids is 3. The zero-order chi connectivity index (χ0) is 33.9. The maximum absolute atomic E-state index is 14.3. The largest absolute Gasteiger partial charge is 0.480 e. The van der Waals surface area contributed by atoms with Crippen molar-refractivity contribution in [3.63, 3.8) is 0 Å². The maximum Gasteiger partial charge on any atom is 0.327 e. The summed E-state index contributed by atoms with van der Waals surface area (Å²) < 4.78 is 0. The second kappa shape index (κ2) is 14.8. The molecule has 0 bridgehead atoms. The van der Waals surface area contributed by atoms with Gasteiger partial charge in [-0.05, 0) is 88.0 Å². The van der Waals surface area contributed by atoms with E-state index in [-0.39, 0.29) is 36.9 Å². The summed E-state index contributed by atoms with van der Waals surface area (Å²) in [5.41, 5.74) is 3.68. The van der Waals surface area contributed by atoms with Crippen LogP contribution >= 0.6 is 11.6 Å². The van der Waals surface area contributed by atoms with Crippen molar-refractivity contribution in [1.82, 2.24) is 24.5 Å². The summed E-state index contributed by atoms with van der Waals surface area (Å²) in [7, 11) is 2.10. The van der Waals surface area contributed by atoms with E-state index in [4.69, 9.17) is 11.6 Å². The molecule has 0 radical (unpaired) electrons. The summed E-state index contributed by atoms with van der Waals surface area (Å²) in [4.78, 5) is 63.3. The van der Waals surface area contributed by atoms with Gasteiger partial charge in [0.15, 0.2) is 0 Å². The second-order valence-corrected chi connectivity index (χ2v) is 14.3. The summed E-state index contributed by atoms with van der Waals surface area (Å²) in [6.07, 6.45) is 3.57. The van der Waals surface area contributed by atoms with E-state index in [1.807, 2.05) is 48.2 Å². The molecule has 3 saturated heterocycles. The molecule has 2 aromatic carbocycles. The van der Waals surface area contributed by atoms with Crippen LogP contribution in [0.1, 0.15) is 48.8 Å². The Balaban J connectivity index is 1.13. The summed E-state index contributed by atoms with van der Waals surface area (Å²) >= 11 is 6.29. The fourth-order valence-corrected chi connectivity index (χ4v) is 7.97. The first-order chi connectivity index (χ1) is 23.1. The third-order valence-electron chi connectivity index (χ3n) is 10.8. The highest BCUT2D eigenvalue weighted by Gasteiger charge is 2.41. The first-order valence-electron chi connectivity index (χ1n) is 17.2. The first kappa shape index (κ1) is 34.2. The van der Waals surface area contributed by atoms with Crippen molar-refractivity contribution in [2.24, 2.45) is 5.92 Å². The van der Waals surface area contributed by atoms with Crippen LogP contribution in [0.2, 0.25) is 5.02 Å². The van der Waals surface area contributed by atoms with Crippen molar-refractivity contribution < 1.29 is 24.3 Å². The molecule has 3 fully saturated rings. The number of nitrogens with zero attached hydrogens (tertiary/aromatic N) is 5. The maximum atomic E-state index is 14.3. The van der Waals surface area contributed by atoms with Crippen LogP contribution in [0.5, 0.6) is 0 Å². The minimum atomic E-state index is -1.01. The Morgan fingerprint density at radius 3 is 2.38 bits per heavy atom. The first-order valence-corrected chi connectivity index (χ1v) is 17.6. The number of halogens is 1. The number of aliphatic carboxylic acids is 1. The molecule has 4 heterocycles. The Bertz CT molecular complexity index is 1520. The molecule has 2 aromatic rings. The molecule has 4 aliphatic rings. The number of amides is 4. The van der Waals surface area contributed by atoms with Crippen LogP contribution in [0.15, 0.2) is 42.5 Å². The van der Waals surface area contributed by atoms with E-state index in [1.54, 1.807) is 11.0 Å². The summed E-state index contributed by atoms with van der Waals surface area (Å²) in [5.74, 6) is -2.13. The lowest BCUT2D eigenvalue weighted by Gasteiger charge is -2.45. The van der Waals surface area contributed by atoms with Crippen molar-refractivity contribution in [3.8, 4) is 0 Å². The van der Waals surface area contributed by atoms with Crippen molar-refractivity contribution >= 4 is 41.1 Å². The number of rotatable bonds is 8. The number of piperazine rings is 1. The van der Waals surface area contributed by atoms with Crippen molar-refractivity contribution in [2.45, 2.75) is 70.1 Å².